The highest BCUT2D eigenvalue weighted by atomic mass is 32.2. The van der Waals surface area contributed by atoms with E-state index in [2.05, 4.69) is 25.9 Å². The number of ether oxygens (including phenoxy) is 1. The summed E-state index contributed by atoms with van der Waals surface area (Å²) in [6, 6.07) is 9.60. The van der Waals surface area contributed by atoms with Gasteiger partial charge in [0.1, 0.15) is 11.1 Å². The minimum atomic E-state index is -1.65. The highest BCUT2D eigenvalue weighted by molar-refractivity contribution is 8.01. The van der Waals surface area contributed by atoms with Gasteiger partial charge < -0.3 is 15.2 Å². The van der Waals surface area contributed by atoms with Crippen molar-refractivity contribution < 1.29 is 24.2 Å². The fourth-order valence-electron chi connectivity index (χ4n) is 3.39. The van der Waals surface area contributed by atoms with E-state index in [4.69, 9.17) is 4.74 Å². The van der Waals surface area contributed by atoms with Gasteiger partial charge in [0, 0.05) is 23.5 Å². The van der Waals surface area contributed by atoms with Gasteiger partial charge in [0.15, 0.2) is 5.82 Å². The first-order valence-electron chi connectivity index (χ1n) is 9.13. The van der Waals surface area contributed by atoms with E-state index in [9.17, 15) is 19.5 Å². The molecule has 0 radical (unpaired) electrons. The molecule has 3 N–H and O–H groups in total. The van der Waals surface area contributed by atoms with Crippen molar-refractivity contribution in [1.29, 1.82) is 0 Å². The first-order chi connectivity index (χ1) is 15.0. The summed E-state index contributed by atoms with van der Waals surface area (Å²) in [6.07, 6.45) is -0.202. The average molecular weight is 463 g/mol. The lowest BCUT2D eigenvalue weighted by Crippen LogP contribution is -2.80. The molecule has 162 valence electrons. The quantitative estimate of drug-likeness (QED) is 0.283. The average Bonchev–Trinajstić information content (AvgIpc) is 3.28. The normalized spacial score (nSPS) is 22.7. The summed E-state index contributed by atoms with van der Waals surface area (Å²) in [5.41, 5.74) is -1.07. The van der Waals surface area contributed by atoms with Crippen LogP contribution in [0.4, 0.5) is 0 Å². The molecule has 2 atom stereocenters. The Balaban J connectivity index is 1.52. The zero-order valence-electron chi connectivity index (χ0n) is 16.3. The van der Waals surface area contributed by atoms with Gasteiger partial charge in [-0.1, -0.05) is 23.4 Å². The van der Waals surface area contributed by atoms with Crippen molar-refractivity contribution in [1.82, 2.24) is 30.8 Å². The molecular formula is C18H18N6O5S2. The minimum Gasteiger partial charge on any atom is -0.477 e. The van der Waals surface area contributed by atoms with Crippen LogP contribution in [0.5, 0.6) is 0 Å². The van der Waals surface area contributed by atoms with Crippen LogP contribution < -0.4 is 5.32 Å². The second-order valence-corrected chi connectivity index (χ2v) is 8.81. The van der Waals surface area contributed by atoms with Crippen molar-refractivity contribution in [3.8, 4) is 0 Å². The van der Waals surface area contributed by atoms with Crippen LogP contribution in [0.25, 0.3) is 0 Å². The molecule has 0 spiro atoms. The van der Waals surface area contributed by atoms with Gasteiger partial charge in [-0.3, -0.25) is 14.5 Å². The second-order valence-electron chi connectivity index (χ2n) is 6.69. The Morgan fingerprint density at radius 2 is 2.19 bits per heavy atom. The molecule has 2 aromatic rings. The Hall–Kier alpha value is -2.90. The third kappa shape index (κ3) is 3.91. The zero-order valence-corrected chi connectivity index (χ0v) is 17.9. The molecule has 1 aromatic heterocycles. The van der Waals surface area contributed by atoms with Crippen LogP contribution in [-0.2, 0) is 25.5 Å². The largest absolute Gasteiger partial charge is 0.477 e. The molecule has 0 bridgehead atoms. The maximum absolute atomic E-state index is 13.0. The Morgan fingerprint density at radius 3 is 2.84 bits per heavy atom. The number of H-pyrrole nitrogens is 1. The number of carbonyl (C=O) groups is 3. The van der Waals surface area contributed by atoms with Gasteiger partial charge >= 0.3 is 5.97 Å². The zero-order chi connectivity index (χ0) is 22.0. The first kappa shape index (κ1) is 21.3. The summed E-state index contributed by atoms with van der Waals surface area (Å²) < 4.78 is 5.41. The lowest BCUT2D eigenvalue weighted by atomic mass is 9.98. The number of methoxy groups -OCH3 is 1. The summed E-state index contributed by atoms with van der Waals surface area (Å²) in [6.45, 7) is 0. The van der Waals surface area contributed by atoms with E-state index >= 15 is 0 Å². The molecule has 1 fully saturated rings. The number of tetrazole rings is 1. The number of β-lactam (4-membered cyclic amide) rings is 1. The molecule has 1 saturated heterocycles. The van der Waals surface area contributed by atoms with Crippen LogP contribution in [0.2, 0.25) is 0 Å². The molecular weight excluding hydrogens is 444 g/mol. The third-order valence-corrected chi connectivity index (χ3v) is 7.30. The van der Waals surface area contributed by atoms with Crippen molar-refractivity contribution in [3.05, 3.63) is 47.4 Å². The minimum absolute atomic E-state index is 0.0581. The molecule has 1 aromatic carbocycles. The van der Waals surface area contributed by atoms with Gasteiger partial charge in [0.2, 0.25) is 5.91 Å². The van der Waals surface area contributed by atoms with Crippen molar-refractivity contribution in [2.24, 2.45) is 0 Å². The topological polar surface area (TPSA) is 150 Å². The third-order valence-electron chi connectivity index (χ3n) is 4.82. The standard InChI is InChI=1S/C18H18N6O5S2/c1-29-18(19-13(25)7-12-20-22-23-21-12)16(28)24-14(15(26)27)10(9-31-17(18)24)8-30-11-5-3-2-4-6-11/h2-6,17H,7-9H2,1H3,(H,19,25)(H,26,27)(H,20,21,22,23)/t17-,18?/m1/s1. The van der Waals surface area contributed by atoms with Crippen LogP contribution in [0.3, 0.4) is 0 Å². The maximum Gasteiger partial charge on any atom is 0.352 e. The van der Waals surface area contributed by atoms with Gasteiger partial charge in [-0.2, -0.15) is 5.21 Å². The van der Waals surface area contributed by atoms with Crippen molar-refractivity contribution >= 4 is 41.3 Å². The maximum atomic E-state index is 13.0. The van der Waals surface area contributed by atoms with Crippen molar-refractivity contribution in [2.75, 3.05) is 18.6 Å². The van der Waals surface area contributed by atoms with E-state index in [1.165, 1.54) is 35.5 Å². The number of benzene rings is 1. The van der Waals surface area contributed by atoms with Gasteiger partial charge in [-0.15, -0.1) is 33.7 Å². The summed E-state index contributed by atoms with van der Waals surface area (Å²) in [5.74, 6) is -1.38. The highest BCUT2D eigenvalue weighted by Gasteiger charge is 2.66. The molecule has 0 aliphatic carbocycles. The van der Waals surface area contributed by atoms with E-state index < -0.39 is 28.9 Å². The Labute approximate surface area is 185 Å². The van der Waals surface area contributed by atoms with Crippen LogP contribution in [-0.4, -0.2) is 78.1 Å². The number of carboxylic acid groups (broad SMARTS) is 1. The van der Waals surface area contributed by atoms with Gasteiger partial charge in [-0.05, 0) is 17.7 Å². The fourth-order valence-corrected chi connectivity index (χ4v) is 5.89. The predicted molar refractivity (Wildman–Crippen MR) is 111 cm³/mol. The molecule has 13 heteroatoms. The van der Waals surface area contributed by atoms with E-state index in [1.54, 1.807) is 0 Å². The lowest BCUT2D eigenvalue weighted by molar-refractivity contribution is -0.192. The van der Waals surface area contributed by atoms with E-state index in [-0.39, 0.29) is 17.9 Å². The molecule has 4 rings (SSSR count). The van der Waals surface area contributed by atoms with E-state index in [1.807, 2.05) is 30.3 Å². The Morgan fingerprint density at radius 1 is 1.42 bits per heavy atom. The smallest absolute Gasteiger partial charge is 0.352 e. The number of hydrogen-bond donors (Lipinski definition) is 3. The number of rotatable bonds is 8. The molecule has 2 amide bonds. The number of aromatic amines is 1. The number of thioether (sulfide) groups is 2. The number of nitrogens with one attached hydrogen (secondary N) is 2. The van der Waals surface area contributed by atoms with E-state index in [0.29, 0.717) is 17.1 Å². The van der Waals surface area contributed by atoms with Gasteiger partial charge in [0.25, 0.3) is 11.6 Å². The SMILES string of the molecule is COC1(NC(=O)Cc2nn[nH]n2)C(=O)N2C(C(=O)O)=C(CSc3ccccc3)CS[C@@H]21. The molecule has 1 unspecified atom stereocenters. The van der Waals surface area contributed by atoms with Crippen LogP contribution in [0, 0.1) is 0 Å². The number of carboxylic acids is 1. The monoisotopic (exact) mass is 462 g/mol. The first-order valence-corrected chi connectivity index (χ1v) is 11.2. The molecule has 2 aliphatic heterocycles. The molecule has 3 heterocycles. The number of nitrogens with zero attached hydrogens (tertiary/aromatic N) is 4. The number of carbonyl (C=O) groups excluding carboxylic acids is 2. The lowest BCUT2D eigenvalue weighted by Gasteiger charge is -2.55. The van der Waals surface area contributed by atoms with Gasteiger partial charge in [0.05, 0.1) is 6.42 Å². The summed E-state index contributed by atoms with van der Waals surface area (Å²) in [5, 5.41) is 24.8. The Kier molecular flexibility index (Phi) is 5.98. The molecule has 31 heavy (non-hydrogen) atoms. The predicted octanol–water partition coefficient (Wildman–Crippen LogP) is 0.247. The second kappa shape index (κ2) is 8.69. The molecule has 0 saturated carbocycles. The van der Waals surface area contributed by atoms with Crippen molar-refractivity contribution in [3.63, 3.8) is 0 Å². The molecule has 11 nitrogen and oxygen atoms in total. The van der Waals surface area contributed by atoms with Crippen molar-refractivity contribution in [2.45, 2.75) is 22.4 Å². The number of amides is 2. The highest BCUT2D eigenvalue weighted by Crippen LogP contribution is 2.47. The van der Waals surface area contributed by atoms with Crippen LogP contribution in [0.1, 0.15) is 5.82 Å². The molecule has 2 aliphatic rings. The fraction of sp³-hybridized carbons (Fsp3) is 0.333. The Bertz CT molecular complexity index is 1030. The van der Waals surface area contributed by atoms with Gasteiger partial charge in [-0.25, -0.2) is 4.79 Å². The summed E-state index contributed by atoms with van der Waals surface area (Å²) >= 11 is 2.84. The summed E-state index contributed by atoms with van der Waals surface area (Å²) in [7, 11) is 1.30. The van der Waals surface area contributed by atoms with E-state index in [0.717, 1.165) is 4.90 Å². The summed E-state index contributed by atoms with van der Waals surface area (Å²) in [4.78, 5) is 39.7. The van der Waals surface area contributed by atoms with Crippen LogP contribution in [0.15, 0.2) is 46.5 Å². The number of aliphatic carboxylic acids is 1. The number of hydrogen-bond acceptors (Lipinski definition) is 9. The van der Waals surface area contributed by atoms with Crippen LogP contribution >= 0.6 is 23.5 Å². The number of fused-ring (bicyclic) bond motifs is 1. The number of aromatic nitrogens is 4.